The summed E-state index contributed by atoms with van der Waals surface area (Å²) in [7, 11) is 0. The summed E-state index contributed by atoms with van der Waals surface area (Å²) in [6.07, 6.45) is 77.8. The Labute approximate surface area is 728 Å². The summed E-state index contributed by atoms with van der Waals surface area (Å²) in [5, 5.41) is 28.9. The number of ether oxygens (including phenoxy) is 2. The topological polar surface area (TPSA) is 115 Å². The highest BCUT2D eigenvalue weighted by Gasteiger charge is 2.50. The van der Waals surface area contributed by atoms with Crippen molar-refractivity contribution < 1.29 is 9.47 Å². The molecule has 10 heteroatoms. The van der Waals surface area contributed by atoms with Crippen molar-refractivity contribution in [2.75, 3.05) is 0 Å². The first-order valence-electron chi connectivity index (χ1n) is 46.6. The summed E-state index contributed by atoms with van der Waals surface area (Å²) in [4.78, 5) is 5.38. The Bertz CT molecular complexity index is 5740. The normalized spacial score (nSPS) is 32.4. The number of nitrogens with zero attached hydrogens (tertiary/aromatic N) is 1. The van der Waals surface area contributed by atoms with Crippen LogP contribution in [0.2, 0.25) is 0 Å². The van der Waals surface area contributed by atoms with Gasteiger partial charge in [0, 0.05) is 70.1 Å². The van der Waals surface area contributed by atoms with E-state index < -0.39 is 0 Å². The molecule has 0 bridgehead atoms. The van der Waals surface area contributed by atoms with E-state index in [1.54, 1.807) is 11.1 Å². The van der Waals surface area contributed by atoms with E-state index in [0.717, 1.165) is 145 Å². The first-order valence-corrected chi connectivity index (χ1v) is 46.6. The van der Waals surface area contributed by atoms with Crippen molar-refractivity contribution in [1.29, 1.82) is 0 Å². The van der Waals surface area contributed by atoms with Crippen LogP contribution in [0.25, 0.3) is 5.70 Å². The van der Waals surface area contributed by atoms with Crippen molar-refractivity contribution in [3.63, 3.8) is 0 Å². The number of nitrogens with one attached hydrogen (secondary N) is 7. The lowest BCUT2D eigenvalue weighted by molar-refractivity contribution is 0.195. The second-order valence-electron chi connectivity index (χ2n) is 37.6. The molecule has 1 saturated heterocycles. The van der Waals surface area contributed by atoms with Crippen molar-refractivity contribution in [3.05, 3.63) is 421 Å². The molecule has 0 aromatic heterocycles. The maximum Gasteiger partial charge on any atom is 0.137 e. The van der Waals surface area contributed by atoms with Crippen LogP contribution in [-0.4, -0.2) is 54.9 Å². The van der Waals surface area contributed by atoms with Crippen LogP contribution in [0.15, 0.2) is 387 Å². The van der Waals surface area contributed by atoms with Crippen molar-refractivity contribution in [1.82, 2.24) is 37.2 Å². The lowest BCUT2D eigenvalue weighted by Crippen LogP contribution is -2.69. The average Bonchev–Trinajstić information content (AvgIpc) is 1.60. The van der Waals surface area contributed by atoms with Crippen LogP contribution in [0.5, 0.6) is 11.5 Å². The first kappa shape index (κ1) is 77.9. The Morgan fingerprint density at radius 2 is 1.20 bits per heavy atom. The summed E-state index contributed by atoms with van der Waals surface area (Å²) < 4.78 is 14.2. The van der Waals surface area contributed by atoms with Gasteiger partial charge in [-0.1, -0.05) is 309 Å². The fourth-order valence-electron chi connectivity index (χ4n) is 23.7. The Hall–Kier alpha value is -11.1. The van der Waals surface area contributed by atoms with Crippen LogP contribution in [0.1, 0.15) is 192 Å². The molecule has 6 aromatic carbocycles. The zero-order chi connectivity index (χ0) is 81.7. The summed E-state index contributed by atoms with van der Waals surface area (Å²) in [5.41, 5.74) is 28.7. The van der Waals surface area contributed by atoms with Crippen molar-refractivity contribution in [3.8, 4) is 11.5 Å². The van der Waals surface area contributed by atoms with Gasteiger partial charge in [0.25, 0.3) is 0 Å². The van der Waals surface area contributed by atoms with Gasteiger partial charge in [0.2, 0.25) is 0 Å². The lowest BCUT2D eigenvalue weighted by Gasteiger charge is -2.45. The molecule has 22 rings (SSSR count). The summed E-state index contributed by atoms with van der Waals surface area (Å²) >= 11 is 0. The third kappa shape index (κ3) is 15.8. The van der Waals surface area contributed by atoms with Gasteiger partial charge in [-0.25, -0.2) is 4.99 Å². The number of benzene rings is 6. The third-order valence-electron chi connectivity index (χ3n) is 30.3. The van der Waals surface area contributed by atoms with E-state index in [4.69, 9.17) is 14.5 Å². The molecule has 0 amide bonds. The number of hydrogen-bond acceptors (Lipinski definition) is 10. The monoisotopic (exact) mass is 1620 g/mol. The van der Waals surface area contributed by atoms with Crippen molar-refractivity contribution in [2.24, 2.45) is 34.6 Å². The van der Waals surface area contributed by atoms with E-state index in [1.165, 1.54) is 101 Å². The SMILES string of the molecule is CC12C=CC=C(C3=CCC(C4CC(C5=CCCC(C6=CC=C(C7NC(c8ccccc8)=NC(C8=CC=CCC8)N7)CC6C6=CCC7Oc8ccccc8C7C6)=C5)C=C(c5ccccc5)N4)CC3)C1Oc1ccc(C3CC(C4NC(C5=CC=CCC5)NC(C5C=CC=CC5)N4)=CCC3C3=CC(C4=CC(c5ccccc5)CC(c5ccccc5)N4)=CCC3)cc12. The van der Waals surface area contributed by atoms with Gasteiger partial charge < -0.3 is 25.4 Å². The van der Waals surface area contributed by atoms with Gasteiger partial charge in [-0.3, -0.25) is 21.3 Å². The predicted octanol–water partition coefficient (Wildman–Crippen LogP) is 22.9. The van der Waals surface area contributed by atoms with E-state index in [0.29, 0.717) is 35.6 Å². The summed E-state index contributed by atoms with van der Waals surface area (Å²) in [6.45, 7) is 2.47. The average molecular weight is 1620 g/mol. The van der Waals surface area contributed by atoms with E-state index in [9.17, 15) is 0 Å². The number of allylic oxidation sites excluding steroid dienone is 26. The van der Waals surface area contributed by atoms with E-state index >= 15 is 0 Å². The third-order valence-corrected chi connectivity index (χ3v) is 30.3. The number of aliphatic imine (C=N–C) groups is 1. The minimum atomic E-state index is -0.351. The van der Waals surface area contributed by atoms with Crippen molar-refractivity contribution in [2.45, 2.75) is 207 Å². The van der Waals surface area contributed by atoms with Gasteiger partial charge in [-0.2, -0.15) is 0 Å². The minimum absolute atomic E-state index is 0.0145. The van der Waals surface area contributed by atoms with Crippen LogP contribution in [-0.2, 0) is 5.41 Å². The van der Waals surface area contributed by atoms with Gasteiger partial charge in [-0.05, 0) is 230 Å². The molecule has 123 heavy (non-hydrogen) atoms. The van der Waals surface area contributed by atoms with Gasteiger partial charge in [0.1, 0.15) is 41.9 Å². The zero-order valence-corrected chi connectivity index (χ0v) is 71.0. The van der Waals surface area contributed by atoms with E-state index in [-0.39, 0.29) is 72.2 Å². The number of amidine groups is 1. The molecule has 0 saturated carbocycles. The molecule has 6 aliphatic heterocycles. The summed E-state index contributed by atoms with van der Waals surface area (Å²) in [5.74, 6) is 5.54. The largest absolute Gasteiger partial charge is 0.489 e. The van der Waals surface area contributed by atoms with E-state index in [1.807, 2.05) is 0 Å². The van der Waals surface area contributed by atoms with Gasteiger partial charge >= 0.3 is 0 Å². The standard InChI is InChI=1S/C113H116N8O2/c1-113-61-27-47-93(106(113)123-105-60-56-85(67-98(105)113)96-66-88(112-120-109(79-38-19-7-20-39-79)117-110(121-112)80-40-21-8-22-41-80)54-58-92(96)83-44-26-45-86(63-83)102-69-89(72-28-9-2-10-29-72)68-99(115-102)74-30-11-3-12-31-74)73-49-51-76(52-50-73)101-71-90(70-100(114-101)75-32-13-4-14-33-75)81-42-25-43-82(62-81)91-57-53-87(65-95(91)84-55-59-104-97(64-84)94-46-23-24-48-103(94)122-104)111-118-107(77-34-15-5-16-35-77)116-108(119-111)78-36-17-6-18-37-78/h2-17,19-21,23-24,27-36,38,40,42,45-49,53-57,60-63,67,69-70,76,79,89-90,92,95-97,99,101,104,106,108-112,114-115,117,119-121H,18,22,25-26,37,39,41,43-44,50-52,58-59,64-66,68,71H2,1H3,(H,116,118). The highest BCUT2D eigenvalue weighted by molar-refractivity contribution is 5.99. The molecule has 620 valence electrons. The van der Waals surface area contributed by atoms with Gasteiger partial charge in [-0.15, -0.1) is 0 Å². The molecule has 18 atom stereocenters. The number of rotatable bonds is 17. The molecular weight excluding hydrogens is 1500 g/mol. The Morgan fingerprint density at radius 1 is 0.455 bits per heavy atom. The quantitative estimate of drug-likeness (QED) is 0.0449. The van der Waals surface area contributed by atoms with Crippen LogP contribution in [0.3, 0.4) is 0 Å². The zero-order valence-electron chi connectivity index (χ0n) is 71.0. The van der Waals surface area contributed by atoms with Crippen LogP contribution < -0.4 is 46.7 Å². The molecule has 7 N–H and O–H groups in total. The Morgan fingerprint density at radius 3 is 2.00 bits per heavy atom. The second-order valence-corrected chi connectivity index (χ2v) is 37.6. The molecule has 10 nitrogen and oxygen atoms in total. The van der Waals surface area contributed by atoms with Gasteiger partial charge in [0.15, 0.2) is 0 Å². The molecule has 10 aliphatic carbocycles. The molecule has 16 aliphatic rings. The highest BCUT2D eigenvalue weighted by Crippen LogP contribution is 2.56. The number of hydrogen-bond donors (Lipinski definition) is 7. The maximum atomic E-state index is 7.46. The molecule has 18 unspecified atom stereocenters. The smallest absolute Gasteiger partial charge is 0.137 e. The summed E-state index contributed by atoms with van der Waals surface area (Å²) in [6, 6.07) is 61.0. The molecule has 0 spiro atoms. The predicted molar refractivity (Wildman–Crippen MR) is 501 cm³/mol. The van der Waals surface area contributed by atoms with Crippen molar-refractivity contribution >= 4 is 11.5 Å². The highest BCUT2D eigenvalue weighted by atomic mass is 16.5. The maximum absolute atomic E-state index is 7.46. The molecule has 6 heterocycles. The van der Waals surface area contributed by atoms with E-state index in [2.05, 4.69) is 354 Å². The molecular formula is C113H116N8O2. The number of fused-ring (bicyclic) bond motifs is 6. The van der Waals surface area contributed by atoms with Crippen LogP contribution in [0, 0.1) is 29.6 Å². The van der Waals surface area contributed by atoms with Crippen LogP contribution in [0.4, 0.5) is 0 Å². The lowest BCUT2D eigenvalue weighted by atomic mass is 9.67. The van der Waals surface area contributed by atoms with Gasteiger partial charge in [0.05, 0.1) is 30.0 Å². The fraction of sp³-hybridized carbons (Fsp3) is 0.336. The molecule has 1 fully saturated rings. The molecule has 6 aromatic rings. The Balaban J connectivity index is 0.540. The Kier molecular flexibility index (Phi) is 21.7. The molecule has 0 radical (unpaired) electrons. The number of para-hydroxylation sites is 1. The first-order chi connectivity index (χ1) is 60.7. The second kappa shape index (κ2) is 34.2. The minimum Gasteiger partial charge on any atom is -0.489 e. The van der Waals surface area contributed by atoms with Crippen LogP contribution >= 0.6 is 0 Å². The fourth-order valence-corrected chi connectivity index (χ4v) is 23.7.